The maximum Gasteiger partial charge on any atom is 0.239 e. The Morgan fingerprint density at radius 2 is 1.96 bits per heavy atom. The average Bonchev–Trinajstić information content (AvgIpc) is 2.54. The number of nitrogens with one attached hydrogen (secondary N) is 1. The fourth-order valence-electron chi connectivity index (χ4n) is 2.12. The summed E-state index contributed by atoms with van der Waals surface area (Å²) in [6.07, 6.45) is 0. The van der Waals surface area contributed by atoms with E-state index in [4.69, 9.17) is 15.2 Å². The van der Waals surface area contributed by atoms with E-state index in [0.717, 1.165) is 16.9 Å². The first-order chi connectivity index (χ1) is 11.1. The fourth-order valence-corrected chi connectivity index (χ4v) is 2.12. The Balaban J connectivity index is 0.00000288. The maximum atomic E-state index is 11.9. The molecule has 2 rings (SSSR count). The van der Waals surface area contributed by atoms with Crippen molar-refractivity contribution >= 4 is 18.3 Å². The van der Waals surface area contributed by atoms with Gasteiger partial charge in [0.1, 0.15) is 17.5 Å². The highest BCUT2D eigenvalue weighted by Crippen LogP contribution is 2.25. The van der Waals surface area contributed by atoms with Crippen molar-refractivity contribution in [2.24, 2.45) is 5.73 Å². The Morgan fingerprint density at radius 1 is 1.21 bits per heavy atom. The number of ether oxygens (including phenoxy) is 2. The topological polar surface area (TPSA) is 73.6 Å². The molecule has 1 atom stereocenters. The molecule has 2 aromatic carbocycles. The highest BCUT2D eigenvalue weighted by molar-refractivity contribution is 5.85. The third-order valence-corrected chi connectivity index (χ3v) is 3.33. The molecule has 0 aliphatic heterocycles. The van der Waals surface area contributed by atoms with E-state index in [0.29, 0.717) is 12.3 Å². The summed E-state index contributed by atoms with van der Waals surface area (Å²) in [5, 5.41) is 2.80. The second-order valence-corrected chi connectivity index (χ2v) is 5.31. The molecule has 0 saturated carbocycles. The van der Waals surface area contributed by atoms with Gasteiger partial charge in [-0.1, -0.05) is 30.3 Å². The van der Waals surface area contributed by atoms with E-state index in [9.17, 15) is 4.79 Å². The van der Waals surface area contributed by atoms with Crippen LogP contribution in [0.1, 0.15) is 11.1 Å². The molecule has 130 valence electrons. The van der Waals surface area contributed by atoms with E-state index >= 15 is 0 Å². The number of carbonyl (C=O) groups excluding carboxylic acids is 1. The third kappa shape index (κ3) is 5.85. The normalized spacial score (nSPS) is 11.3. The molecule has 0 heterocycles. The summed E-state index contributed by atoms with van der Waals surface area (Å²) in [5.74, 6) is 1.22. The molecule has 1 amide bonds. The SMILES string of the molecule is COCC(N)C(=O)NCc1ccccc1Oc1cccc(C)c1.Cl. The zero-order valence-electron chi connectivity index (χ0n) is 13.8. The van der Waals surface area contributed by atoms with Crippen LogP contribution in [0.15, 0.2) is 48.5 Å². The minimum atomic E-state index is -0.676. The van der Waals surface area contributed by atoms with E-state index in [-0.39, 0.29) is 24.9 Å². The zero-order chi connectivity index (χ0) is 16.7. The van der Waals surface area contributed by atoms with Crippen molar-refractivity contribution in [2.45, 2.75) is 19.5 Å². The van der Waals surface area contributed by atoms with Crippen LogP contribution >= 0.6 is 12.4 Å². The molecule has 0 aromatic heterocycles. The summed E-state index contributed by atoms with van der Waals surface area (Å²) in [6.45, 7) is 2.54. The largest absolute Gasteiger partial charge is 0.457 e. The number of methoxy groups -OCH3 is 1. The van der Waals surface area contributed by atoms with Crippen molar-refractivity contribution in [3.05, 3.63) is 59.7 Å². The van der Waals surface area contributed by atoms with Gasteiger partial charge in [0.15, 0.2) is 0 Å². The smallest absolute Gasteiger partial charge is 0.239 e. The van der Waals surface area contributed by atoms with Gasteiger partial charge in [-0.05, 0) is 30.7 Å². The number of para-hydroxylation sites is 1. The quantitative estimate of drug-likeness (QED) is 0.805. The van der Waals surface area contributed by atoms with Crippen LogP contribution in [0.4, 0.5) is 0 Å². The molecule has 2 aromatic rings. The van der Waals surface area contributed by atoms with E-state index in [1.165, 1.54) is 7.11 Å². The lowest BCUT2D eigenvalue weighted by molar-refractivity contribution is -0.123. The lowest BCUT2D eigenvalue weighted by Gasteiger charge is -2.14. The van der Waals surface area contributed by atoms with Crippen molar-refractivity contribution in [2.75, 3.05) is 13.7 Å². The van der Waals surface area contributed by atoms with E-state index in [1.54, 1.807) is 0 Å². The van der Waals surface area contributed by atoms with Crippen LogP contribution in [-0.4, -0.2) is 25.7 Å². The Morgan fingerprint density at radius 3 is 2.67 bits per heavy atom. The van der Waals surface area contributed by atoms with Crippen molar-refractivity contribution in [1.82, 2.24) is 5.32 Å². The minimum Gasteiger partial charge on any atom is -0.457 e. The predicted molar refractivity (Wildman–Crippen MR) is 96.6 cm³/mol. The zero-order valence-corrected chi connectivity index (χ0v) is 14.6. The molecular weight excluding hydrogens is 328 g/mol. The summed E-state index contributed by atoms with van der Waals surface area (Å²) >= 11 is 0. The average molecular weight is 351 g/mol. The highest BCUT2D eigenvalue weighted by Gasteiger charge is 2.13. The molecule has 0 radical (unpaired) electrons. The summed E-state index contributed by atoms with van der Waals surface area (Å²) in [4.78, 5) is 11.9. The van der Waals surface area contributed by atoms with Crippen molar-refractivity contribution in [1.29, 1.82) is 0 Å². The van der Waals surface area contributed by atoms with Gasteiger partial charge in [-0.25, -0.2) is 0 Å². The molecule has 1 unspecified atom stereocenters. The Labute approximate surface area is 148 Å². The molecule has 6 heteroatoms. The number of hydrogen-bond donors (Lipinski definition) is 2. The summed E-state index contributed by atoms with van der Waals surface area (Å²) in [5.41, 5.74) is 7.71. The van der Waals surface area contributed by atoms with Crippen LogP contribution in [0.2, 0.25) is 0 Å². The molecule has 0 aliphatic carbocycles. The van der Waals surface area contributed by atoms with E-state index < -0.39 is 6.04 Å². The van der Waals surface area contributed by atoms with E-state index in [1.807, 2.05) is 55.5 Å². The Bertz CT molecular complexity index is 664. The monoisotopic (exact) mass is 350 g/mol. The number of carbonyl (C=O) groups is 1. The number of rotatable bonds is 7. The summed E-state index contributed by atoms with van der Waals surface area (Å²) in [6, 6.07) is 14.7. The number of hydrogen-bond acceptors (Lipinski definition) is 4. The lowest BCUT2D eigenvalue weighted by atomic mass is 10.2. The molecule has 0 saturated heterocycles. The van der Waals surface area contributed by atoms with Gasteiger partial charge in [-0.2, -0.15) is 0 Å². The van der Waals surface area contributed by atoms with Crippen LogP contribution < -0.4 is 15.8 Å². The van der Waals surface area contributed by atoms with Crippen molar-refractivity contribution < 1.29 is 14.3 Å². The Hall–Kier alpha value is -2.08. The van der Waals surface area contributed by atoms with Gasteiger partial charge in [0, 0.05) is 19.2 Å². The number of nitrogens with two attached hydrogens (primary N) is 1. The van der Waals surface area contributed by atoms with Gasteiger partial charge < -0.3 is 20.5 Å². The fraction of sp³-hybridized carbons (Fsp3) is 0.278. The van der Waals surface area contributed by atoms with Gasteiger partial charge in [-0.15, -0.1) is 12.4 Å². The highest BCUT2D eigenvalue weighted by atomic mass is 35.5. The first-order valence-electron chi connectivity index (χ1n) is 7.45. The Kier molecular flexibility index (Phi) is 8.26. The second-order valence-electron chi connectivity index (χ2n) is 5.31. The van der Waals surface area contributed by atoms with Crippen molar-refractivity contribution in [3.8, 4) is 11.5 Å². The van der Waals surface area contributed by atoms with Gasteiger partial charge in [0.05, 0.1) is 6.61 Å². The molecule has 5 nitrogen and oxygen atoms in total. The third-order valence-electron chi connectivity index (χ3n) is 3.33. The molecular formula is C18H23ClN2O3. The van der Waals surface area contributed by atoms with Gasteiger partial charge in [0.25, 0.3) is 0 Å². The number of halogens is 1. The van der Waals surface area contributed by atoms with Crippen LogP contribution in [0.25, 0.3) is 0 Å². The second kappa shape index (κ2) is 9.93. The standard InChI is InChI=1S/C18H22N2O3.ClH/c1-13-6-5-8-15(10-13)23-17-9-4-3-7-14(17)11-20-18(21)16(19)12-22-2;/h3-10,16H,11-12,19H2,1-2H3,(H,20,21);1H. The number of amides is 1. The molecule has 24 heavy (non-hydrogen) atoms. The first-order valence-corrected chi connectivity index (χ1v) is 7.45. The summed E-state index contributed by atoms with van der Waals surface area (Å²) < 4.78 is 10.8. The molecule has 0 fully saturated rings. The lowest BCUT2D eigenvalue weighted by Crippen LogP contribution is -2.43. The van der Waals surface area contributed by atoms with Crippen LogP contribution in [0.3, 0.4) is 0 Å². The summed E-state index contributed by atoms with van der Waals surface area (Å²) in [7, 11) is 1.51. The van der Waals surface area contributed by atoms with Crippen LogP contribution in [-0.2, 0) is 16.1 Å². The van der Waals surface area contributed by atoms with Gasteiger partial charge >= 0.3 is 0 Å². The number of benzene rings is 2. The van der Waals surface area contributed by atoms with Gasteiger partial charge in [0.2, 0.25) is 5.91 Å². The molecule has 0 bridgehead atoms. The molecule has 0 spiro atoms. The maximum absolute atomic E-state index is 11.9. The van der Waals surface area contributed by atoms with Crippen molar-refractivity contribution in [3.63, 3.8) is 0 Å². The predicted octanol–water partition coefficient (Wildman–Crippen LogP) is 2.80. The van der Waals surface area contributed by atoms with Crippen LogP contribution in [0, 0.1) is 6.92 Å². The first kappa shape index (κ1) is 20.0. The number of aryl methyl sites for hydroxylation is 1. The minimum absolute atomic E-state index is 0. The molecule has 0 aliphatic rings. The molecule has 3 N–H and O–H groups in total. The van der Waals surface area contributed by atoms with Gasteiger partial charge in [-0.3, -0.25) is 4.79 Å². The van der Waals surface area contributed by atoms with Crippen LogP contribution in [0.5, 0.6) is 11.5 Å². The van der Waals surface area contributed by atoms with E-state index in [2.05, 4.69) is 5.32 Å².